The van der Waals surface area contributed by atoms with Gasteiger partial charge in [-0.3, -0.25) is 0 Å². The molecule has 2 saturated heterocycles. The molecular weight excluding hydrogens is 366 g/mol. The molecule has 0 saturated carbocycles. The molecule has 2 aliphatic rings. The first-order valence-corrected chi connectivity index (χ1v) is 7.47. The average Bonchev–Trinajstić information content (AvgIpc) is 2.47. The summed E-state index contributed by atoms with van der Waals surface area (Å²) in [5.74, 6) is 0. The van der Waals surface area contributed by atoms with Gasteiger partial charge < -0.3 is 50.0 Å². The molecule has 0 amide bonds. The molecular formula is C14H30KO8P. The van der Waals surface area contributed by atoms with Gasteiger partial charge in [0.05, 0.1) is 24.4 Å². The van der Waals surface area contributed by atoms with Gasteiger partial charge in [0.25, 0.3) is 0 Å². The van der Waals surface area contributed by atoms with Gasteiger partial charge in [-0.05, 0) is 27.7 Å². The Bertz CT molecular complexity index is 293. The molecule has 0 aliphatic carbocycles. The van der Waals surface area contributed by atoms with Crippen molar-refractivity contribution in [1.29, 1.82) is 0 Å². The second-order valence-corrected chi connectivity index (χ2v) is 6.04. The van der Waals surface area contributed by atoms with Gasteiger partial charge in [-0.25, -0.2) is 0 Å². The average molecular weight is 396 g/mol. The van der Waals surface area contributed by atoms with Crippen LogP contribution in [-0.2, 0) is 9.47 Å². The van der Waals surface area contributed by atoms with Crippen LogP contribution in [0, 0.1) is 0 Å². The van der Waals surface area contributed by atoms with Crippen LogP contribution >= 0.6 is 9.90 Å². The first kappa shape index (κ1) is 28.0. The summed E-state index contributed by atoms with van der Waals surface area (Å²) in [6, 6.07) is 0. The molecule has 24 heavy (non-hydrogen) atoms. The van der Waals surface area contributed by atoms with Crippen LogP contribution in [0.15, 0.2) is 0 Å². The Morgan fingerprint density at radius 2 is 0.625 bits per heavy atom. The van der Waals surface area contributed by atoms with Crippen molar-refractivity contribution in [1.82, 2.24) is 0 Å². The summed E-state index contributed by atoms with van der Waals surface area (Å²) in [5, 5.41) is 55.2. The third kappa shape index (κ3) is 7.05. The van der Waals surface area contributed by atoms with E-state index in [-0.39, 0.29) is 61.3 Å². The maximum atomic E-state index is 9.21. The maximum Gasteiger partial charge on any atom is 1.00 e. The zero-order chi connectivity index (χ0) is 17.2. The number of rotatable bonds is 0. The van der Waals surface area contributed by atoms with Crippen molar-refractivity contribution in [3.8, 4) is 0 Å². The van der Waals surface area contributed by atoms with Crippen LogP contribution in [0.1, 0.15) is 27.7 Å². The van der Waals surface area contributed by atoms with Crippen LogP contribution in [0.4, 0.5) is 0 Å². The Kier molecular flexibility index (Phi) is 14.3. The molecule has 6 N–H and O–H groups in total. The smallest absolute Gasteiger partial charge is 0.577 e. The van der Waals surface area contributed by atoms with E-state index >= 15 is 0 Å². The Labute approximate surface area is 188 Å². The minimum absolute atomic E-state index is 0. The zero-order valence-electron chi connectivity index (χ0n) is 14.9. The van der Waals surface area contributed by atoms with Gasteiger partial charge in [0.2, 0.25) is 0 Å². The second kappa shape index (κ2) is 12.3. The molecule has 140 valence electrons. The van der Waals surface area contributed by atoms with Gasteiger partial charge >= 0.3 is 51.4 Å². The molecule has 0 spiro atoms. The van der Waals surface area contributed by atoms with E-state index in [2.05, 4.69) is 0 Å². The van der Waals surface area contributed by atoms with Crippen LogP contribution in [0.3, 0.4) is 0 Å². The number of hydrogen-bond donors (Lipinski definition) is 6. The van der Waals surface area contributed by atoms with Gasteiger partial charge in [-0.1, -0.05) is 0 Å². The standard InChI is InChI=1S/2C7H14O4.K.H2P/c2*1-3-5(8)7(10)6(9)4(2)11-3;;/h2*3-10H,1-2H3;;1H2/q;;+1;-1/t3-,4?,5?,6+,7?;3-,4?,5?,6-,7?;;/m01../s1. The zero-order valence-corrected chi connectivity index (χ0v) is 19.1. The summed E-state index contributed by atoms with van der Waals surface area (Å²) in [6.45, 7) is 6.65. The number of aliphatic hydroxyl groups excluding tert-OH is 6. The first-order chi connectivity index (χ1) is 10.1. The van der Waals surface area contributed by atoms with Gasteiger partial charge in [0.15, 0.2) is 0 Å². The van der Waals surface area contributed by atoms with Crippen LogP contribution in [0.25, 0.3) is 0 Å². The molecule has 0 aromatic rings. The van der Waals surface area contributed by atoms with Crippen LogP contribution < -0.4 is 51.4 Å². The Balaban J connectivity index is 0. The molecule has 10 atom stereocenters. The number of ether oxygens (including phenoxy) is 2. The second-order valence-electron chi connectivity index (χ2n) is 6.04. The largest absolute Gasteiger partial charge is 1.00 e. The van der Waals surface area contributed by atoms with Gasteiger partial charge in [-0.2, -0.15) is 0 Å². The van der Waals surface area contributed by atoms with E-state index in [1.807, 2.05) is 0 Å². The fourth-order valence-electron chi connectivity index (χ4n) is 2.51. The fourth-order valence-corrected chi connectivity index (χ4v) is 2.51. The molecule has 0 bridgehead atoms. The quantitative estimate of drug-likeness (QED) is 0.177. The normalized spacial score (nSPS) is 48.2. The van der Waals surface area contributed by atoms with Crippen LogP contribution in [0.2, 0.25) is 0 Å². The van der Waals surface area contributed by atoms with E-state index in [4.69, 9.17) is 9.47 Å². The number of aliphatic hydroxyl groups is 6. The van der Waals surface area contributed by atoms with Crippen molar-refractivity contribution in [2.24, 2.45) is 0 Å². The van der Waals surface area contributed by atoms with Crippen molar-refractivity contribution in [2.45, 2.75) is 88.7 Å². The van der Waals surface area contributed by atoms with Crippen molar-refractivity contribution in [3.63, 3.8) is 0 Å². The molecule has 8 nitrogen and oxygen atoms in total. The van der Waals surface area contributed by atoms with Crippen molar-refractivity contribution in [3.05, 3.63) is 0 Å². The molecule has 0 aromatic heterocycles. The van der Waals surface area contributed by atoms with Crippen molar-refractivity contribution in [2.75, 3.05) is 0 Å². The molecule has 0 aromatic carbocycles. The van der Waals surface area contributed by atoms with E-state index in [1.165, 1.54) is 0 Å². The molecule has 10 heteroatoms. The minimum atomic E-state index is -1.09. The molecule has 6 unspecified atom stereocenters. The minimum Gasteiger partial charge on any atom is -0.577 e. The van der Waals surface area contributed by atoms with E-state index < -0.39 is 61.0 Å². The predicted octanol–water partition coefficient (Wildman–Crippen LogP) is -4.92. The Morgan fingerprint density at radius 3 is 0.792 bits per heavy atom. The molecule has 2 fully saturated rings. The van der Waals surface area contributed by atoms with Gasteiger partial charge in [-0.15, -0.1) is 0 Å². The van der Waals surface area contributed by atoms with E-state index in [1.54, 1.807) is 27.7 Å². The third-order valence-electron chi connectivity index (χ3n) is 4.18. The molecule has 2 aliphatic heterocycles. The molecule has 0 radical (unpaired) electrons. The molecule has 2 heterocycles. The Morgan fingerprint density at radius 1 is 0.458 bits per heavy atom. The van der Waals surface area contributed by atoms with E-state index in [0.29, 0.717) is 0 Å². The van der Waals surface area contributed by atoms with Crippen molar-refractivity contribution < 1.29 is 91.5 Å². The monoisotopic (exact) mass is 396 g/mol. The Hall–Kier alpha value is 1.75. The summed E-state index contributed by atoms with van der Waals surface area (Å²) in [4.78, 5) is 0. The summed E-state index contributed by atoms with van der Waals surface area (Å²) in [6.07, 6.45) is -7.77. The van der Waals surface area contributed by atoms with Crippen LogP contribution in [0.5, 0.6) is 0 Å². The van der Waals surface area contributed by atoms with Crippen molar-refractivity contribution >= 4 is 9.90 Å². The predicted molar refractivity (Wildman–Crippen MR) is 85.8 cm³/mol. The molecule has 2 rings (SSSR count). The number of hydrogen-bond acceptors (Lipinski definition) is 8. The van der Waals surface area contributed by atoms with Crippen LogP contribution in [-0.4, -0.2) is 91.7 Å². The summed E-state index contributed by atoms with van der Waals surface area (Å²) in [7, 11) is 0. The summed E-state index contributed by atoms with van der Waals surface area (Å²) >= 11 is 0. The topological polar surface area (TPSA) is 140 Å². The maximum absolute atomic E-state index is 9.21. The fraction of sp³-hybridized carbons (Fsp3) is 1.00. The summed E-state index contributed by atoms with van der Waals surface area (Å²) < 4.78 is 10.2. The first-order valence-electron chi connectivity index (χ1n) is 7.47. The third-order valence-corrected chi connectivity index (χ3v) is 4.18. The van der Waals surface area contributed by atoms with Gasteiger partial charge in [0, 0.05) is 0 Å². The summed E-state index contributed by atoms with van der Waals surface area (Å²) in [5.41, 5.74) is 0. The van der Waals surface area contributed by atoms with Gasteiger partial charge in [0.1, 0.15) is 36.6 Å². The SMILES string of the molecule is CC1O[C@@H](C)C(O)C(O)[C@@H]1O.CC1O[C@H](C)C(O)C(O)[C@@H]1O.[K+].[PH2-]. The van der Waals surface area contributed by atoms with E-state index in [9.17, 15) is 30.6 Å². The van der Waals surface area contributed by atoms with E-state index in [0.717, 1.165) is 0 Å².